The zero-order valence-electron chi connectivity index (χ0n) is 19.8. The molecule has 176 valence electrons. The Kier molecular flexibility index (Phi) is 6.78. The van der Waals surface area contributed by atoms with Crippen LogP contribution in [0, 0.1) is 11.8 Å². The van der Waals surface area contributed by atoms with Crippen molar-refractivity contribution < 1.29 is 4.79 Å². The van der Waals surface area contributed by atoms with Crippen LogP contribution in [0.1, 0.15) is 42.1 Å². The highest BCUT2D eigenvalue weighted by Crippen LogP contribution is 2.28. The van der Waals surface area contributed by atoms with E-state index in [0.29, 0.717) is 11.4 Å². The average molecular weight is 464 g/mol. The number of amides is 2. The van der Waals surface area contributed by atoms with Crippen molar-refractivity contribution in [3.05, 3.63) is 95.7 Å². The van der Waals surface area contributed by atoms with Gasteiger partial charge in [0.1, 0.15) is 5.69 Å². The molecule has 1 aliphatic heterocycles. The Balaban J connectivity index is 1.35. The second kappa shape index (κ2) is 10.5. The van der Waals surface area contributed by atoms with E-state index in [2.05, 4.69) is 56.8 Å². The smallest absolute Gasteiger partial charge is 0.319 e. The Labute approximate surface area is 205 Å². The molecule has 0 spiro atoms. The van der Waals surface area contributed by atoms with Crippen molar-refractivity contribution in [3.63, 3.8) is 0 Å². The fourth-order valence-electron chi connectivity index (χ4n) is 4.73. The molecule has 3 N–H and O–H groups in total. The Hall–Kier alpha value is -4.08. The Bertz CT molecular complexity index is 1350. The van der Waals surface area contributed by atoms with Crippen molar-refractivity contribution in [1.82, 2.24) is 20.4 Å². The summed E-state index contributed by atoms with van der Waals surface area (Å²) < 4.78 is 0. The molecule has 1 aliphatic rings. The summed E-state index contributed by atoms with van der Waals surface area (Å²) in [4.78, 5) is 15.5. The summed E-state index contributed by atoms with van der Waals surface area (Å²) in [6, 6.07) is 25.7. The first kappa shape index (κ1) is 22.7. The second-order valence-electron chi connectivity index (χ2n) is 8.98. The number of aromatic amines is 1. The first-order valence-electron chi connectivity index (χ1n) is 12.1. The Morgan fingerprint density at radius 3 is 2.57 bits per heavy atom. The number of nitrogens with zero attached hydrogens (tertiary/aromatic N) is 2. The van der Waals surface area contributed by atoms with Crippen molar-refractivity contribution in [2.45, 2.75) is 31.3 Å². The SMILES string of the molecule is CN1CCCC[C@@H]1[C@H](NC(=O)Nc1ccc2[nH]nc(C#Cc3ccccc3)c2c1)c1ccccc1. The monoisotopic (exact) mass is 463 g/mol. The zero-order chi connectivity index (χ0) is 24.0. The van der Waals surface area contributed by atoms with E-state index >= 15 is 0 Å². The van der Waals surface area contributed by atoms with Crippen LogP contribution in [0.2, 0.25) is 0 Å². The molecule has 6 heteroatoms. The van der Waals surface area contributed by atoms with Gasteiger partial charge >= 0.3 is 6.03 Å². The number of likely N-dealkylation sites (N-methyl/N-ethyl adjacent to an activating group) is 1. The molecule has 4 aromatic rings. The number of anilines is 1. The molecule has 3 aromatic carbocycles. The van der Waals surface area contributed by atoms with Gasteiger partial charge in [0, 0.05) is 22.7 Å². The molecule has 6 nitrogen and oxygen atoms in total. The third kappa shape index (κ3) is 5.37. The number of likely N-dealkylation sites (tertiary alicyclic amines) is 1. The van der Waals surface area contributed by atoms with Gasteiger partial charge in [-0.3, -0.25) is 5.10 Å². The maximum Gasteiger partial charge on any atom is 0.319 e. The minimum Gasteiger partial charge on any atom is -0.329 e. The van der Waals surface area contributed by atoms with Gasteiger partial charge in [0.2, 0.25) is 0 Å². The standard InChI is InChI=1S/C29H29N5O/c1-34-19-9-8-14-27(34)28(22-12-6-3-7-13-22)31-29(35)30-23-16-18-26-24(20-23)25(32-33-26)17-15-21-10-4-2-5-11-21/h2-7,10-13,16,18,20,27-28H,8-9,14,19H2,1H3,(H,32,33)(H2,30,31,35)/t27-,28-/m1/s1. The number of rotatable bonds is 4. The van der Waals surface area contributed by atoms with Crippen molar-refractivity contribution in [2.24, 2.45) is 0 Å². The summed E-state index contributed by atoms with van der Waals surface area (Å²) in [5.74, 6) is 6.29. The van der Waals surface area contributed by atoms with Crippen molar-refractivity contribution in [1.29, 1.82) is 0 Å². The lowest BCUT2D eigenvalue weighted by atomic mass is 9.91. The summed E-state index contributed by atoms with van der Waals surface area (Å²) in [6.45, 7) is 1.04. The maximum atomic E-state index is 13.1. The van der Waals surface area contributed by atoms with Crippen LogP contribution in [0.5, 0.6) is 0 Å². The highest BCUT2D eigenvalue weighted by molar-refractivity contribution is 5.94. The van der Waals surface area contributed by atoms with Gasteiger partial charge in [-0.05, 0) is 68.2 Å². The molecule has 2 amide bonds. The molecule has 1 fully saturated rings. The van der Waals surface area contributed by atoms with Gasteiger partial charge in [-0.1, -0.05) is 60.9 Å². The van der Waals surface area contributed by atoms with E-state index in [0.717, 1.165) is 35.0 Å². The summed E-state index contributed by atoms with van der Waals surface area (Å²) in [7, 11) is 2.14. The summed E-state index contributed by atoms with van der Waals surface area (Å²) in [5, 5.41) is 14.5. The third-order valence-corrected chi connectivity index (χ3v) is 6.58. The number of nitrogens with one attached hydrogen (secondary N) is 3. The third-order valence-electron chi connectivity index (χ3n) is 6.58. The van der Waals surface area contributed by atoms with E-state index in [9.17, 15) is 4.79 Å². The number of aromatic nitrogens is 2. The molecule has 0 aliphatic carbocycles. The molecular weight excluding hydrogens is 434 g/mol. The first-order valence-corrected chi connectivity index (χ1v) is 12.1. The zero-order valence-corrected chi connectivity index (χ0v) is 19.8. The molecular formula is C29H29N5O. The van der Waals surface area contributed by atoms with E-state index in [1.807, 2.05) is 66.7 Å². The molecule has 5 rings (SSSR count). The van der Waals surface area contributed by atoms with Gasteiger partial charge < -0.3 is 15.5 Å². The number of hydrogen-bond acceptors (Lipinski definition) is 3. The van der Waals surface area contributed by atoms with Gasteiger partial charge in [-0.15, -0.1) is 0 Å². The predicted octanol–water partition coefficient (Wildman–Crippen LogP) is 5.31. The molecule has 0 saturated carbocycles. The molecule has 2 heterocycles. The van der Waals surface area contributed by atoms with Gasteiger partial charge in [0.05, 0.1) is 11.6 Å². The van der Waals surface area contributed by atoms with Crippen molar-refractivity contribution >= 4 is 22.6 Å². The van der Waals surface area contributed by atoms with E-state index in [-0.39, 0.29) is 18.1 Å². The minimum atomic E-state index is -0.224. The first-order chi connectivity index (χ1) is 17.2. The van der Waals surface area contributed by atoms with Crippen molar-refractivity contribution in [3.8, 4) is 11.8 Å². The summed E-state index contributed by atoms with van der Waals surface area (Å²) in [5.41, 5.74) is 4.27. The van der Waals surface area contributed by atoms with Gasteiger partial charge in [0.25, 0.3) is 0 Å². The number of fused-ring (bicyclic) bond motifs is 1. The number of H-pyrrole nitrogens is 1. The van der Waals surface area contributed by atoms with Crippen LogP contribution in [0.15, 0.2) is 78.9 Å². The largest absolute Gasteiger partial charge is 0.329 e. The summed E-state index contributed by atoms with van der Waals surface area (Å²) >= 11 is 0. The Morgan fingerprint density at radius 1 is 1.03 bits per heavy atom. The van der Waals surface area contributed by atoms with E-state index in [1.165, 1.54) is 12.8 Å². The van der Waals surface area contributed by atoms with Crippen LogP contribution in [0.4, 0.5) is 10.5 Å². The number of urea groups is 1. The van der Waals surface area contributed by atoms with Gasteiger partial charge in [-0.25, -0.2) is 4.79 Å². The Morgan fingerprint density at radius 2 is 1.80 bits per heavy atom. The molecule has 2 atom stereocenters. The van der Waals surface area contributed by atoms with E-state index in [4.69, 9.17) is 0 Å². The van der Waals surface area contributed by atoms with E-state index < -0.39 is 0 Å². The average Bonchev–Trinajstić information content (AvgIpc) is 3.30. The van der Waals surface area contributed by atoms with Crippen molar-refractivity contribution in [2.75, 3.05) is 18.9 Å². The summed E-state index contributed by atoms with van der Waals surface area (Å²) in [6.07, 6.45) is 3.42. The van der Waals surface area contributed by atoms with Gasteiger partial charge in [-0.2, -0.15) is 5.10 Å². The number of benzene rings is 3. The lowest BCUT2D eigenvalue weighted by Gasteiger charge is -2.38. The fourth-order valence-corrected chi connectivity index (χ4v) is 4.73. The van der Waals surface area contributed by atoms with Crippen LogP contribution in [-0.2, 0) is 0 Å². The quantitative estimate of drug-likeness (QED) is 0.359. The number of hydrogen-bond donors (Lipinski definition) is 3. The predicted molar refractivity (Wildman–Crippen MR) is 140 cm³/mol. The highest BCUT2D eigenvalue weighted by atomic mass is 16.2. The molecule has 0 unspecified atom stereocenters. The fraction of sp³-hybridized carbons (Fsp3) is 0.241. The van der Waals surface area contributed by atoms with Crippen LogP contribution in [-0.4, -0.2) is 40.8 Å². The number of carbonyl (C=O) groups is 1. The van der Waals surface area contributed by atoms with Gasteiger partial charge in [0.15, 0.2) is 0 Å². The normalized spacial score (nSPS) is 16.8. The minimum absolute atomic E-state index is 0.0912. The molecule has 0 radical (unpaired) electrons. The van der Waals surface area contributed by atoms with Crippen LogP contribution < -0.4 is 10.6 Å². The van der Waals surface area contributed by atoms with Crippen LogP contribution in [0.3, 0.4) is 0 Å². The highest BCUT2D eigenvalue weighted by Gasteiger charge is 2.30. The molecule has 1 saturated heterocycles. The van der Waals surface area contributed by atoms with Crippen LogP contribution >= 0.6 is 0 Å². The van der Waals surface area contributed by atoms with E-state index in [1.54, 1.807) is 0 Å². The maximum absolute atomic E-state index is 13.1. The molecule has 35 heavy (non-hydrogen) atoms. The topological polar surface area (TPSA) is 73.1 Å². The lowest BCUT2D eigenvalue weighted by Crippen LogP contribution is -2.47. The second-order valence-corrected chi connectivity index (χ2v) is 8.98. The lowest BCUT2D eigenvalue weighted by molar-refractivity contribution is 0.147. The molecule has 1 aromatic heterocycles. The van der Waals surface area contributed by atoms with Crippen LogP contribution in [0.25, 0.3) is 10.9 Å². The number of piperidine rings is 1. The molecule has 0 bridgehead atoms. The number of carbonyl (C=O) groups excluding carboxylic acids is 1.